The second-order valence-corrected chi connectivity index (χ2v) is 6.13. The summed E-state index contributed by atoms with van der Waals surface area (Å²) < 4.78 is 0. The van der Waals surface area contributed by atoms with Crippen molar-refractivity contribution in [3.63, 3.8) is 0 Å². The zero-order valence-corrected chi connectivity index (χ0v) is 13.7. The summed E-state index contributed by atoms with van der Waals surface area (Å²) in [5.41, 5.74) is 2.51. The van der Waals surface area contributed by atoms with Gasteiger partial charge in [-0.25, -0.2) is 0 Å². The van der Waals surface area contributed by atoms with E-state index in [9.17, 15) is 0 Å². The van der Waals surface area contributed by atoms with Crippen molar-refractivity contribution in [1.29, 1.82) is 0 Å². The lowest BCUT2D eigenvalue weighted by Crippen LogP contribution is -2.30. The molecule has 4 heteroatoms. The summed E-state index contributed by atoms with van der Waals surface area (Å²) in [6.07, 6.45) is 3.34. The number of halogens is 2. The standard InChI is InChI=1S/C13H19BrClNS/c1-10(6-7-17-3)16(2)13-8-12(15)5-4-11(13)9-14/h4-5,8,10H,6-7,9H2,1-3H3. The Bertz CT molecular complexity index is 359. The van der Waals surface area contributed by atoms with Gasteiger partial charge in [-0.1, -0.05) is 33.6 Å². The van der Waals surface area contributed by atoms with Crippen LogP contribution in [-0.4, -0.2) is 25.1 Å². The molecule has 0 heterocycles. The van der Waals surface area contributed by atoms with E-state index >= 15 is 0 Å². The van der Waals surface area contributed by atoms with Crippen molar-refractivity contribution in [1.82, 2.24) is 0 Å². The van der Waals surface area contributed by atoms with Gasteiger partial charge in [0.25, 0.3) is 0 Å². The Hall–Kier alpha value is 0.140. The summed E-state index contributed by atoms with van der Waals surface area (Å²) in [6.45, 7) is 2.26. The predicted octanol–water partition coefficient (Wildman–Crippen LogP) is 4.81. The highest BCUT2D eigenvalue weighted by Gasteiger charge is 2.13. The number of anilines is 1. The molecule has 1 aromatic rings. The largest absolute Gasteiger partial charge is 0.372 e. The average Bonchev–Trinajstić information content (AvgIpc) is 2.34. The molecule has 1 atom stereocenters. The lowest BCUT2D eigenvalue weighted by atomic mass is 10.1. The van der Waals surface area contributed by atoms with Crippen molar-refractivity contribution >= 4 is 45.0 Å². The molecule has 96 valence electrons. The number of alkyl halides is 1. The number of benzene rings is 1. The summed E-state index contributed by atoms with van der Waals surface area (Å²) in [5, 5.41) is 1.66. The lowest BCUT2D eigenvalue weighted by molar-refractivity contribution is 0.668. The molecule has 0 aliphatic rings. The Morgan fingerprint density at radius 1 is 1.47 bits per heavy atom. The molecule has 0 saturated heterocycles. The van der Waals surface area contributed by atoms with Crippen LogP contribution in [0.5, 0.6) is 0 Å². The first kappa shape index (κ1) is 15.2. The Kier molecular flexibility index (Phi) is 6.75. The van der Waals surface area contributed by atoms with Crippen LogP contribution in [0.1, 0.15) is 18.9 Å². The van der Waals surface area contributed by atoms with Gasteiger partial charge in [0.05, 0.1) is 0 Å². The zero-order chi connectivity index (χ0) is 12.8. The molecule has 1 unspecified atom stereocenters. The van der Waals surface area contributed by atoms with Crippen LogP contribution in [0.3, 0.4) is 0 Å². The summed E-state index contributed by atoms with van der Waals surface area (Å²) >= 11 is 11.5. The third kappa shape index (κ3) is 4.38. The molecule has 0 aromatic heterocycles. The Morgan fingerprint density at radius 2 is 2.18 bits per heavy atom. The maximum Gasteiger partial charge on any atom is 0.0426 e. The van der Waals surface area contributed by atoms with Gasteiger partial charge in [0.2, 0.25) is 0 Å². The molecule has 0 N–H and O–H groups in total. The van der Waals surface area contributed by atoms with Crippen molar-refractivity contribution in [3.8, 4) is 0 Å². The Balaban J connectivity index is 2.86. The second kappa shape index (κ2) is 7.55. The molecule has 1 aromatic carbocycles. The smallest absolute Gasteiger partial charge is 0.0426 e. The molecule has 0 radical (unpaired) electrons. The summed E-state index contributed by atoms with van der Waals surface area (Å²) in [6, 6.07) is 6.61. The van der Waals surface area contributed by atoms with Crippen molar-refractivity contribution in [2.24, 2.45) is 0 Å². The lowest BCUT2D eigenvalue weighted by Gasteiger charge is -2.29. The molecule has 0 saturated carbocycles. The highest BCUT2D eigenvalue weighted by atomic mass is 79.9. The Labute approximate surface area is 122 Å². The van der Waals surface area contributed by atoms with Gasteiger partial charge in [0.1, 0.15) is 0 Å². The monoisotopic (exact) mass is 335 g/mol. The fourth-order valence-corrected chi connectivity index (χ4v) is 2.92. The fourth-order valence-electron chi connectivity index (χ4n) is 1.70. The Morgan fingerprint density at radius 3 is 2.76 bits per heavy atom. The molecular weight excluding hydrogens is 318 g/mol. The fraction of sp³-hybridized carbons (Fsp3) is 0.538. The highest BCUT2D eigenvalue weighted by Crippen LogP contribution is 2.28. The normalized spacial score (nSPS) is 12.5. The van der Waals surface area contributed by atoms with Gasteiger partial charge < -0.3 is 4.90 Å². The van der Waals surface area contributed by atoms with E-state index in [4.69, 9.17) is 11.6 Å². The predicted molar refractivity (Wildman–Crippen MR) is 84.9 cm³/mol. The van der Waals surface area contributed by atoms with Gasteiger partial charge in [0, 0.05) is 29.1 Å². The molecule has 1 nitrogen and oxygen atoms in total. The van der Waals surface area contributed by atoms with Crippen molar-refractivity contribution < 1.29 is 0 Å². The van der Waals surface area contributed by atoms with Gasteiger partial charge in [-0.3, -0.25) is 0 Å². The SMILES string of the molecule is CSCCC(C)N(C)c1cc(Cl)ccc1CBr. The molecule has 17 heavy (non-hydrogen) atoms. The molecule has 0 aliphatic heterocycles. The van der Waals surface area contributed by atoms with Gasteiger partial charge in [-0.15, -0.1) is 0 Å². The first-order valence-corrected chi connectivity index (χ1v) is 8.55. The molecule has 0 aliphatic carbocycles. The van der Waals surface area contributed by atoms with Crippen molar-refractivity contribution in [2.75, 3.05) is 24.0 Å². The zero-order valence-electron chi connectivity index (χ0n) is 10.5. The molecule has 0 bridgehead atoms. The highest BCUT2D eigenvalue weighted by molar-refractivity contribution is 9.08. The van der Waals surface area contributed by atoms with E-state index in [0.717, 1.165) is 10.4 Å². The van der Waals surface area contributed by atoms with Gasteiger partial charge >= 0.3 is 0 Å². The third-order valence-corrected chi connectivity index (χ3v) is 4.46. The van der Waals surface area contributed by atoms with E-state index in [1.807, 2.05) is 23.9 Å². The molecular formula is C13H19BrClNS. The molecule has 0 amide bonds. The topological polar surface area (TPSA) is 3.24 Å². The minimum absolute atomic E-state index is 0.527. The van der Waals surface area contributed by atoms with E-state index in [1.54, 1.807) is 0 Å². The average molecular weight is 337 g/mol. The summed E-state index contributed by atoms with van der Waals surface area (Å²) in [4.78, 5) is 2.32. The van der Waals surface area contributed by atoms with Crippen LogP contribution >= 0.6 is 39.3 Å². The number of hydrogen-bond acceptors (Lipinski definition) is 2. The first-order valence-electron chi connectivity index (χ1n) is 5.66. The van der Waals surface area contributed by atoms with E-state index in [2.05, 4.69) is 47.1 Å². The van der Waals surface area contributed by atoms with Crippen LogP contribution < -0.4 is 4.90 Å². The first-order chi connectivity index (χ1) is 8.10. The van der Waals surface area contributed by atoms with E-state index in [0.29, 0.717) is 6.04 Å². The number of thioether (sulfide) groups is 1. The molecule has 0 spiro atoms. The van der Waals surface area contributed by atoms with E-state index in [1.165, 1.54) is 23.4 Å². The summed E-state index contributed by atoms with van der Waals surface area (Å²) in [7, 11) is 2.14. The van der Waals surface area contributed by atoms with Crippen LogP contribution in [0.4, 0.5) is 5.69 Å². The van der Waals surface area contributed by atoms with Crippen molar-refractivity contribution in [3.05, 3.63) is 28.8 Å². The maximum atomic E-state index is 6.08. The molecule has 1 rings (SSSR count). The minimum Gasteiger partial charge on any atom is -0.372 e. The quantitative estimate of drug-likeness (QED) is 0.686. The minimum atomic E-state index is 0.527. The number of nitrogens with zero attached hydrogens (tertiary/aromatic N) is 1. The van der Waals surface area contributed by atoms with Crippen LogP contribution in [0.2, 0.25) is 5.02 Å². The van der Waals surface area contributed by atoms with Crippen LogP contribution in [0.25, 0.3) is 0 Å². The van der Waals surface area contributed by atoms with Crippen LogP contribution in [-0.2, 0) is 5.33 Å². The maximum absolute atomic E-state index is 6.08. The van der Waals surface area contributed by atoms with E-state index in [-0.39, 0.29) is 0 Å². The summed E-state index contributed by atoms with van der Waals surface area (Å²) in [5.74, 6) is 1.19. The third-order valence-electron chi connectivity index (χ3n) is 2.97. The van der Waals surface area contributed by atoms with Gasteiger partial charge in [-0.2, -0.15) is 11.8 Å². The van der Waals surface area contributed by atoms with Crippen LogP contribution in [0, 0.1) is 0 Å². The van der Waals surface area contributed by atoms with Crippen molar-refractivity contribution in [2.45, 2.75) is 24.7 Å². The van der Waals surface area contributed by atoms with Crippen LogP contribution in [0.15, 0.2) is 18.2 Å². The number of rotatable bonds is 6. The number of hydrogen-bond donors (Lipinski definition) is 0. The van der Waals surface area contributed by atoms with E-state index < -0.39 is 0 Å². The van der Waals surface area contributed by atoms with Gasteiger partial charge in [0.15, 0.2) is 0 Å². The van der Waals surface area contributed by atoms with Gasteiger partial charge in [-0.05, 0) is 43.0 Å². The molecule has 0 fully saturated rings. The second-order valence-electron chi connectivity index (χ2n) is 4.15.